The van der Waals surface area contributed by atoms with E-state index in [-0.39, 0.29) is 23.9 Å². The van der Waals surface area contributed by atoms with Gasteiger partial charge in [0.1, 0.15) is 5.82 Å². The third-order valence-electron chi connectivity index (χ3n) is 2.77. The van der Waals surface area contributed by atoms with E-state index < -0.39 is 21.8 Å². The summed E-state index contributed by atoms with van der Waals surface area (Å²) in [4.78, 5) is 0. The van der Waals surface area contributed by atoms with Crippen LogP contribution in [0.25, 0.3) is 0 Å². The lowest BCUT2D eigenvalue weighted by Crippen LogP contribution is -2.33. The zero-order valence-corrected chi connectivity index (χ0v) is 10.4. The lowest BCUT2D eigenvalue weighted by molar-refractivity contribution is 0.168. The van der Waals surface area contributed by atoms with Gasteiger partial charge in [-0.25, -0.2) is 12.8 Å². The number of hydrogen-bond donors (Lipinski definition) is 2. The van der Waals surface area contributed by atoms with Crippen LogP contribution in [0.1, 0.15) is 11.7 Å². The zero-order valence-electron chi connectivity index (χ0n) is 9.58. The van der Waals surface area contributed by atoms with E-state index in [9.17, 15) is 17.9 Å². The van der Waals surface area contributed by atoms with Gasteiger partial charge in [-0.15, -0.1) is 0 Å². The van der Waals surface area contributed by atoms with Gasteiger partial charge in [-0.1, -0.05) is 24.3 Å². The van der Waals surface area contributed by atoms with Crippen LogP contribution in [-0.4, -0.2) is 31.9 Å². The van der Waals surface area contributed by atoms with Crippen LogP contribution in [0.4, 0.5) is 4.39 Å². The molecule has 4 nitrogen and oxygen atoms in total. The molecule has 0 saturated carbocycles. The minimum Gasteiger partial charge on any atom is -0.387 e. The SMILES string of the molecule is O=S1(=O)C=CC(NCC(O)c2ccccc2F)C1. The Labute approximate surface area is 105 Å². The van der Waals surface area contributed by atoms with Gasteiger partial charge in [-0.2, -0.15) is 0 Å². The molecule has 0 bridgehead atoms. The number of aliphatic hydroxyl groups is 1. The maximum absolute atomic E-state index is 13.4. The Bertz CT molecular complexity index is 556. The highest BCUT2D eigenvalue weighted by atomic mass is 32.2. The number of nitrogens with one attached hydrogen (secondary N) is 1. The first-order valence-corrected chi connectivity index (χ1v) is 7.26. The summed E-state index contributed by atoms with van der Waals surface area (Å²) < 4.78 is 35.7. The van der Waals surface area contributed by atoms with Crippen LogP contribution in [0.3, 0.4) is 0 Å². The fourth-order valence-corrected chi connectivity index (χ4v) is 3.09. The molecule has 1 aliphatic heterocycles. The molecule has 1 aromatic rings. The molecule has 2 N–H and O–H groups in total. The topological polar surface area (TPSA) is 66.4 Å². The van der Waals surface area contributed by atoms with Crippen molar-refractivity contribution < 1.29 is 17.9 Å². The molecular weight excluding hydrogens is 257 g/mol. The number of sulfone groups is 1. The molecule has 1 heterocycles. The second-order valence-corrected chi connectivity index (χ2v) is 6.14. The molecule has 0 fully saturated rings. The van der Waals surface area contributed by atoms with Crippen molar-refractivity contribution in [1.82, 2.24) is 5.32 Å². The van der Waals surface area contributed by atoms with Gasteiger partial charge in [0, 0.05) is 23.6 Å². The van der Waals surface area contributed by atoms with Gasteiger partial charge in [0.25, 0.3) is 0 Å². The van der Waals surface area contributed by atoms with Crippen molar-refractivity contribution in [2.45, 2.75) is 12.1 Å². The van der Waals surface area contributed by atoms with Crippen molar-refractivity contribution in [3.8, 4) is 0 Å². The molecule has 98 valence electrons. The molecule has 2 rings (SSSR count). The van der Waals surface area contributed by atoms with E-state index in [1.54, 1.807) is 12.1 Å². The Balaban J connectivity index is 1.92. The van der Waals surface area contributed by atoms with Crippen molar-refractivity contribution in [3.05, 3.63) is 47.1 Å². The number of halogens is 1. The summed E-state index contributed by atoms with van der Waals surface area (Å²) in [7, 11) is -3.11. The van der Waals surface area contributed by atoms with E-state index >= 15 is 0 Å². The third kappa shape index (κ3) is 3.16. The standard InChI is InChI=1S/C12H14FNO3S/c13-11-4-2-1-3-10(11)12(15)7-14-9-5-6-18(16,17)8-9/h1-6,9,12,14-15H,7-8H2. The van der Waals surface area contributed by atoms with Gasteiger partial charge in [0.2, 0.25) is 0 Å². The quantitative estimate of drug-likeness (QED) is 0.848. The largest absolute Gasteiger partial charge is 0.387 e. The van der Waals surface area contributed by atoms with E-state index in [0.717, 1.165) is 5.41 Å². The molecule has 2 atom stereocenters. The van der Waals surface area contributed by atoms with Gasteiger partial charge in [0.05, 0.1) is 11.9 Å². The highest BCUT2D eigenvalue weighted by Crippen LogP contribution is 2.16. The van der Waals surface area contributed by atoms with E-state index in [1.165, 1.54) is 18.2 Å². The minimum atomic E-state index is -3.11. The summed E-state index contributed by atoms with van der Waals surface area (Å²) in [6, 6.07) is 5.64. The summed E-state index contributed by atoms with van der Waals surface area (Å²) in [5.74, 6) is -0.488. The number of hydrogen-bond acceptors (Lipinski definition) is 4. The maximum Gasteiger partial charge on any atom is 0.173 e. The Morgan fingerprint density at radius 3 is 2.78 bits per heavy atom. The molecule has 0 saturated heterocycles. The first-order valence-electron chi connectivity index (χ1n) is 5.55. The lowest BCUT2D eigenvalue weighted by Gasteiger charge is -2.15. The van der Waals surface area contributed by atoms with Crippen molar-refractivity contribution in [3.63, 3.8) is 0 Å². The average Bonchev–Trinajstić information content (AvgIpc) is 2.66. The summed E-state index contributed by atoms with van der Waals surface area (Å²) in [6.07, 6.45) is 0.534. The van der Waals surface area contributed by atoms with Crippen LogP contribution in [0, 0.1) is 5.82 Å². The van der Waals surface area contributed by atoms with Gasteiger partial charge in [-0.3, -0.25) is 0 Å². The zero-order chi connectivity index (χ0) is 13.2. The van der Waals surface area contributed by atoms with Gasteiger partial charge >= 0.3 is 0 Å². The Kier molecular flexibility index (Phi) is 3.79. The number of benzene rings is 1. The Morgan fingerprint density at radius 1 is 1.44 bits per heavy atom. The van der Waals surface area contributed by atoms with Gasteiger partial charge < -0.3 is 10.4 Å². The summed E-state index contributed by atoms with van der Waals surface area (Å²) in [5.41, 5.74) is 0.204. The molecule has 18 heavy (non-hydrogen) atoms. The van der Waals surface area contributed by atoms with Crippen LogP contribution < -0.4 is 5.32 Å². The second kappa shape index (κ2) is 5.17. The molecule has 1 aliphatic rings. The number of rotatable bonds is 4. The fourth-order valence-electron chi connectivity index (χ4n) is 1.82. The van der Waals surface area contributed by atoms with Crippen LogP contribution in [-0.2, 0) is 9.84 Å². The van der Waals surface area contributed by atoms with Crippen molar-refractivity contribution in [1.29, 1.82) is 0 Å². The van der Waals surface area contributed by atoms with Crippen LogP contribution in [0.2, 0.25) is 0 Å². The molecular formula is C12H14FNO3S. The lowest BCUT2D eigenvalue weighted by atomic mass is 10.1. The summed E-state index contributed by atoms with van der Waals surface area (Å²) in [6.45, 7) is 0.103. The van der Waals surface area contributed by atoms with E-state index in [1.807, 2.05) is 0 Å². The van der Waals surface area contributed by atoms with Gasteiger partial charge in [-0.05, 0) is 6.07 Å². The second-order valence-electron chi connectivity index (χ2n) is 4.21. The fraction of sp³-hybridized carbons (Fsp3) is 0.333. The molecule has 2 unspecified atom stereocenters. The molecule has 0 spiro atoms. The van der Waals surface area contributed by atoms with E-state index in [0.29, 0.717) is 0 Å². The minimum absolute atomic E-state index is 0.0169. The predicted octanol–water partition coefficient (Wildman–Crippen LogP) is 0.759. The molecule has 6 heteroatoms. The Hall–Kier alpha value is -1.24. The normalized spacial score (nSPS) is 23.1. The van der Waals surface area contributed by atoms with Crippen molar-refractivity contribution in [2.75, 3.05) is 12.3 Å². The predicted molar refractivity (Wildman–Crippen MR) is 66.1 cm³/mol. The third-order valence-corrected chi connectivity index (χ3v) is 4.16. The van der Waals surface area contributed by atoms with Crippen molar-refractivity contribution in [2.24, 2.45) is 0 Å². The summed E-state index contributed by atoms with van der Waals surface area (Å²) in [5, 5.41) is 13.8. The highest BCUT2D eigenvalue weighted by Gasteiger charge is 2.22. The monoisotopic (exact) mass is 271 g/mol. The smallest absolute Gasteiger partial charge is 0.173 e. The molecule has 0 radical (unpaired) electrons. The van der Waals surface area contributed by atoms with Crippen LogP contribution >= 0.6 is 0 Å². The molecule has 0 aliphatic carbocycles. The number of aliphatic hydroxyl groups excluding tert-OH is 1. The van der Waals surface area contributed by atoms with E-state index in [4.69, 9.17) is 0 Å². The van der Waals surface area contributed by atoms with Crippen LogP contribution in [0.15, 0.2) is 35.7 Å². The average molecular weight is 271 g/mol. The first kappa shape index (κ1) is 13.2. The first-order chi connectivity index (χ1) is 8.48. The Morgan fingerprint density at radius 2 is 2.17 bits per heavy atom. The highest BCUT2D eigenvalue weighted by molar-refractivity contribution is 7.94. The van der Waals surface area contributed by atoms with E-state index in [2.05, 4.69) is 5.32 Å². The van der Waals surface area contributed by atoms with Crippen molar-refractivity contribution >= 4 is 9.84 Å². The molecule has 0 aromatic heterocycles. The molecule has 0 amide bonds. The molecule has 1 aromatic carbocycles. The summed E-state index contributed by atoms with van der Waals surface area (Å²) >= 11 is 0. The van der Waals surface area contributed by atoms with Crippen LogP contribution in [0.5, 0.6) is 0 Å². The maximum atomic E-state index is 13.4. The van der Waals surface area contributed by atoms with Gasteiger partial charge in [0.15, 0.2) is 9.84 Å².